The first kappa shape index (κ1) is 14.5. The largest absolute Gasteiger partial charge is 0.315 e. The van der Waals surface area contributed by atoms with Crippen LogP contribution in [0.25, 0.3) is 0 Å². The van der Waals surface area contributed by atoms with Gasteiger partial charge in [-0.2, -0.15) is 0 Å². The Hall–Kier alpha value is -0.860. The minimum Gasteiger partial charge on any atom is -0.315 e. The van der Waals surface area contributed by atoms with Gasteiger partial charge in [0.1, 0.15) is 0 Å². The number of aryl methyl sites for hydroxylation is 1. The molecule has 0 spiro atoms. The molecular weight excluding hydrogens is 232 g/mol. The Balaban J connectivity index is 1.62. The van der Waals surface area contributed by atoms with Gasteiger partial charge >= 0.3 is 0 Å². The van der Waals surface area contributed by atoms with Crippen LogP contribution in [0.2, 0.25) is 0 Å². The van der Waals surface area contributed by atoms with Gasteiger partial charge in [-0.15, -0.1) is 0 Å². The number of hydrogen-bond donors (Lipinski definition) is 1. The molecule has 1 fully saturated rings. The quantitative estimate of drug-likeness (QED) is 0.723. The topological polar surface area (TPSA) is 15.3 Å². The molecule has 19 heavy (non-hydrogen) atoms. The molecule has 1 aliphatic heterocycles. The lowest BCUT2D eigenvalue weighted by Gasteiger charge is -2.24. The summed E-state index contributed by atoms with van der Waals surface area (Å²) in [5, 5.41) is 3.49. The number of unbranched alkanes of at least 4 members (excludes halogenated alkanes) is 1. The molecule has 2 nitrogen and oxygen atoms in total. The number of nitrogens with one attached hydrogen (secondary N) is 1. The highest BCUT2D eigenvalue weighted by Crippen LogP contribution is 2.17. The maximum Gasteiger partial charge on any atom is 0.0221 e. The van der Waals surface area contributed by atoms with Gasteiger partial charge < -0.3 is 5.32 Å². The highest BCUT2D eigenvalue weighted by Gasteiger charge is 2.22. The lowest BCUT2D eigenvalue weighted by atomic mass is 10.1. The summed E-state index contributed by atoms with van der Waals surface area (Å²) in [6.45, 7) is 7.05. The molecule has 1 saturated heterocycles. The van der Waals surface area contributed by atoms with Crippen molar-refractivity contribution in [1.29, 1.82) is 0 Å². The third-order valence-corrected chi connectivity index (χ3v) is 4.13. The Bertz CT molecular complexity index is 336. The van der Waals surface area contributed by atoms with Crippen molar-refractivity contribution in [2.45, 2.75) is 45.1 Å². The lowest BCUT2D eigenvalue weighted by molar-refractivity contribution is 0.244. The fourth-order valence-corrected chi connectivity index (χ4v) is 3.02. The Kier molecular flexibility index (Phi) is 6.38. The van der Waals surface area contributed by atoms with Crippen LogP contribution in [0.15, 0.2) is 30.3 Å². The van der Waals surface area contributed by atoms with Gasteiger partial charge in [-0.3, -0.25) is 4.90 Å². The monoisotopic (exact) mass is 260 g/mol. The van der Waals surface area contributed by atoms with Gasteiger partial charge in [0, 0.05) is 12.6 Å². The van der Waals surface area contributed by atoms with Crippen molar-refractivity contribution in [2.75, 3.05) is 26.2 Å². The second-order valence-electron chi connectivity index (χ2n) is 5.58. The molecule has 2 rings (SSSR count). The van der Waals surface area contributed by atoms with Crippen molar-refractivity contribution in [1.82, 2.24) is 10.2 Å². The Morgan fingerprint density at radius 1 is 1.21 bits per heavy atom. The van der Waals surface area contributed by atoms with Gasteiger partial charge in [0.25, 0.3) is 0 Å². The highest BCUT2D eigenvalue weighted by atomic mass is 15.2. The summed E-state index contributed by atoms with van der Waals surface area (Å²) in [6, 6.07) is 11.6. The maximum absolute atomic E-state index is 3.49. The summed E-state index contributed by atoms with van der Waals surface area (Å²) >= 11 is 0. The zero-order chi connectivity index (χ0) is 13.3. The molecule has 1 heterocycles. The Morgan fingerprint density at radius 3 is 2.84 bits per heavy atom. The standard InChI is InChI=1S/C17H28N2/c1-2-18-15-17-12-8-14-19(17)13-7-6-11-16-9-4-3-5-10-16/h3-5,9-10,17-18H,2,6-8,11-15H2,1H3. The molecule has 1 aliphatic rings. The van der Waals surface area contributed by atoms with E-state index >= 15 is 0 Å². The first-order valence-corrected chi connectivity index (χ1v) is 7.89. The second kappa shape index (κ2) is 8.34. The van der Waals surface area contributed by atoms with Crippen LogP contribution in [0.1, 0.15) is 38.2 Å². The zero-order valence-electron chi connectivity index (χ0n) is 12.3. The van der Waals surface area contributed by atoms with Crippen molar-refractivity contribution in [2.24, 2.45) is 0 Å². The van der Waals surface area contributed by atoms with Crippen molar-refractivity contribution in [3.63, 3.8) is 0 Å². The predicted octanol–water partition coefficient (Wildman–Crippen LogP) is 3.08. The summed E-state index contributed by atoms with van der Waals surface area (Å²) in [5.74, 6) is 0. The molecule has 106 valence electrons. The maximum atomic E-state index is 3.49. The van der Waals surface area contributed by atoms with Crippen molar-refractivity contribution in [3.8, 4) is 0 Å². The molecule has 0 saturated carbocycles. The summed E-state index contributed by atoms with van der Waals surface area (Å²) < 4.78 is 0. The van der Waals surface area contributed by atoms with Crippen LogP contribution >= 0.6 is 0 Å². The molecule has 0 aromatic heterocycles. The molecule has 1 N–H and O–H groups in total. The van der Waals surface area contributed by atoms with Crippen LogP contribution in [0.3, 0.4) is 0 Å². The summed E-state index contributed by atoms with van der Waals surface area (Å²) in [4.78, 5) is 2.69. The number of benzene rings is 1. The first-order valence-electron chi connectivity index (χ1n) is 7.89. The number of rotatable bonds is 8. The normalized spacial score (nSPS) is 19.9. The van der Waals surface area contributed by atoms with E-state index < -0.39 is 0 Å². The van der Waals surface area contributed by atoms with Crippen LogP contribution in [0.4, 0.5) is 0 Å². The minimum absolute atomic E-state index is 0.789. The van der Waals surface area contributed by atoms with E-state index in [2.05, 4.69) is 47.5 Å². The van der Waals surface area contributed by atoms with Gasteiger partial charge in [-0.25, -0.2) is 0 Å². The molecule has 0 amide bonds. The van der Waals surface area contributed by atoms with E-state index in [1.807, 2.05) is 0 Å². The van der Waals surface area contributed by atoms with Crippen LogP contribution < -0.4 is 5.32 Å². The van der Waals surface area contributed by atoms with Gasteiger partial charge in [0.05, 0.1) is 0 Å². The smallest absolute Gasteiger partial charge is 0.0221 e. The van der Waals surface area contributed by atoms with E-state index in [1.165, 1.54) is 57.3 Å². The molecule has 0 bridgehead atoms. The summed E-state index contributed by atoms with van der Waals surface area (Å²) in [7, 11) is 0. The fraction of sp³-hybridized carbons (Fsp3) is 0.647. The predicted molar refractivity (Wildman–Crippen MR) is 82.5 cm³/mol. The zero-order valence-corrected chi connectivity index (χ0v) is 12.3. The van der Waals surface area contributed by atoms with Crippen molar-refractivity contribution >= 4 is 0 Å². The second-order valence-corrected chi connectivity index (χ2v) is 5.58. The van der Waals surface area contributed by atoms with Gasteiger partial charge in [-0.05, 0) is 57.3 Å². The third kappa shape index (κ3) is 4.96. The van der Waals surface area contributed by atoms with E-state index in [0.717, 1.165) is 12.6 Å². The van der Waals surface area contributed by atoms with E-state index in [-0.39, 0.29) is 0 Å². The SMILES string of the molecule is CCNCC1CCCN1CCCCc1ccccc1. The average Bonchev–Trinajstić information content (AvgIpc) is 2.90. The van der Waals surface area contributed by atoms with Crippen LogP contribution in [0.5, 0.6) is 0 Å². The molecule has 2 heteroatoms. The third-order valence-electron chi connectivity index (χ3n) is 4.13. The average molecular weight is 260 g/mol. The van der Waals surface area contributed by atoms with E-state index in [4.69, 9.17) is 0 Å². The number of likely N-dealkylation sites (N-methyl/N-ethyl adjacent to an activating group) is 1. The molecule has 1 atom stereocenters. The molecule has 1 unspecified atom stereocenters. The van der Waals surface area contributed by atoms with Gasteiger partial charge in [-0.1, -0.05) is 37.3 Å². The molecular formula is C17H28N2. The summed E-state index contributed by atoms with van der Waals surface area (Å²) in [6.07, 6.45) is 6.64. The summed E-state index contributed by atoms with van der Waals surface area (Å²) in [5.41, 5.74) is 1.48. The Morgan fingerprint density at radius 2 is 2.05 bits per heavy atom. The van der Waals surface area contributed by atoms with Crippen LogP contribution in [-0.2, 0) is 6.42 Å². The molecule has 0 radical (unpaired) electrons. The lowest BCUT2D eigenvalue weighted by Crippen LogP contribution is -2.38. The van der Waals surface area contributed by atoms with Crippen LogP contribution in [0, 0.1) is 0 Å². The fourth-order valence-electron chi connectivity index (χ4n) is 3.02. The highest BCUT2D eigenvalue weighted by molar-refractivity contribution is 5.14. The van der Waals surface area contributed by atoms with Crippen molar-refractivity contribution < 1.29 is 0 Å². The van der Waals surface area contributed by atoms with Gasteiger partial charge in [0.2, 0.25) is 0 Å². The molecule has 0 aliphatic carbocycles. The van der Waals surface area contributed by atoms with E-state index in [0.29, 0.717) is 0 Å². The first-order chi connectivity index (χ1) is 9.40. The van der Waals surface area contributed by atoms with Crippen molar-refractivity contribution in [3.05, 3.63) is 35.9 Å². The van der Waals surface area contributed by atoms with E-state index in [9.17, 15) is 0 Å². The Labute approximate surface area is 118 Å². The molecule has 1 aromatic rings. The number of likely N-dealkylation sites (tertiary alicyclic amines) is 1. The van der Waals surface area contributed by atoms with Crippen LogP contribution in [-0.4, -0.2) is 37.1 Å². The number of nitrogens with zero attached hydrogens (tertiary/aromatic N) is 1. The molecule has 1 aromatic carbocycles. The minimum atomic E-state index is 0.789. The van der Waals surface area contributed by atoms with Gasteiger partial charge in [0.15, 0.2) is 0 Å². The number of hydrogen-bond acceptors (Lipinski definition) is 2. The van der Waals surface area contributed by atoms with E-state index in [1.54, 1.807) is 0 Å².